The topological polar surface area (TPSA) is 62.5 Å². The molecule has 24 heavy (non-hydrogen) atoms. The fraction of sp³-hybridized carbons (Fsp3) is 0.500. The molecule has 1 saturated heterocycles. The van der Waals surface area contributed by atoms with Crippen LogP contribution in [0, 0.1) is 5.92 Å². The van der Waals surface area contributed by atoms with Crippen LogP contribution in [0.5, 0.6) is 0 Å². The number of rotatable bonds is 4. The maximum Gasteiger partial charge on any atom is 0.247 e. The molecule has 0 N–H and O–H groups in total. The Morgan fingerprint density at radius 1 is 1.21 bits per heavy atom. The molecule has 6 nitrogen and oxygen atoms in total. The Morgan fingerprint density at radius 3 is 2.50 bits per heavy atom. The van der Waals surface area contributed by atoms with Gasteiger partial charge in [0.05, 0.1) is 6.04 Å². The summed E-state index contributed by atoms with van der Waals surface area (Å²) in [5.41, 5.74) is 0.929. The highest BCUT2D eigenvalue weighted by molar-refractivity contribution is 5.78. The zero-order valence-electron chi connectivity index (χ0n) is 14.5. The van der Waals surface area contributed by atoms with Crippen molar-refractivity contribution >= 4 is 5.91 Å². The Hall–Kier alpha value is -2.21. The number of carbonyl (C=O) groups excluding carboxylic acids is 1. The van der Waals surface area contributed by atoms with Crippen LogP contribution < -0.4 is 0 Å². The smallest absolute Gasteiger partial charge is 0.247 e. The van der Waals surface area contributed by atoms with E-state index < -0.39 is 0 Å². The molecule has 128 valence electrons. The average molecular weight is 328 g/mol. The van der Waals surface area contributed by atoms with Gasteiger partial charge in [0.15, 0.2) is 0 Å². The number of benzene rings is 1. The molecule has 0 aliphatic carbocycles. The molecule has 1 unspecified atom stereocenters. The lowest BCUT2D eigenvalue weighted by molar-refractivity contribution is -0.134. The van der Waals surface area contributed by atoms with Crippen molar-refractivity contribution < 1.29 is 9.21 Å². The molecule has 1 aromatic carbocycles. The maximum atomic E-state index is 12.1. The van der Waals surface area contributed by atoms with Gasteiger partial charge in [0.1, 0.15) is 0 Å². The third-order valence-corrected chi connectivity index (χ3v) is 4.69. The fourth-order valence-electron chi connectivity index (χ4n) is 3.16. The Morgan fingerprint density at radius 2 is 1.88 bits per heavy atom. The summed E-state index contributed by atoms with van der Waals surface area (Å²) < 4.78 is 5.86. The first kappa shape index (κ1) is 16.6. The minimum absolute atomic E-state index is 0.0605. The Labute approximate surface area is 142 Å². The van der Waals surface area contributed by atoms with E-state index in [1.54, 1.807) is 4.90 Å². The molecule has 0 radical (unpaired) electrons. The van der Waals surface area contributed by atoms with Crippen LogP contribution >= 0.6 is 0 Å². The Bertz CT molecular complexity index is 675. The van der Waals surface area contributed by atoms with Gasteiger partial charge in [0.25, 0.3) is 0 Å². The Kier molecular flexibility index (Phi) is 4.94. The third-order valence-electron chi connectivity index (χ3n) is 4.69. The second-order valence-corrected chi connectivity index (χ2v) is 6.53. The van der Waals surface area contributed by atoms with E-state index in [9.17, 15) is 4.79 Å². The molecule has 2 heterocycles. The second-order valence-electron chi connectivity index (χ2n) is 6.53. The van der Waals surface area contributed by atoms with Gasteiger partial charge in [-0.25, -0.2) is 0 Å². The van der Waals surface area contributed by atoms with Crippen molar-refractivity contribution in [2.45, 2.75) is 25.8 Å². The molecule has 1 aliphatic rings. The molecular weight excluding hydrogens is 304 g/mol. The predicted molar refractivity (Wildman–Crippen MR) is 91.1 cm³/mol. The summed E-state index contributed by atoms with van der Waals surface area (Å²) >= 11 is 0. The van der Waals surface area contributed by atoms with Gasteiger partial charge in [-0.15, -0.1) is 10.2 Å². The van der Waals surface area contributed by atoms with E-state index in [1.165, 1.54) is 0 Å². The monoisotopic (exact) mass is 328 g/mol. The molecule has 0 spiro atoms. The van der Waals surface area contributed by atoms with Crippen molar-refractivity contribution in [1.29, 1.82) is 0 Å². The van der Waals surface area contributed by atoms with Crippen LogP contribution in [0.25, 0.3) is 11.5 Å². The van der Waals surface area contributed by atoms with Crippen molar-refractivity contribution in [3.8, 4) is 11.5 Å². The first-order chi connectivity index (χ1) is 11.6. The molecule has 1 amide bonds. The minimum atomic E-state index is 0.0605. The lowest BCUT2D eigenvalue weighted by Crippen LogP contribution is -2.41. The summed E-state index contributed by atoms with van der Waals surface area (Å²) in [6.45, 7) is 3.82. The lowest BCUT2D eigenvalue weighted by atomic mass is 9.94. The van der Waals surface area contributed by atoms with Crippen LogP contribution in [-0.2, 0) is 4.79 Å². The highest BCUT2D eigenvalue weighted by atomic mass is 16.4. The van der Waals surface area contributed by atoms with Gasteiger partial charge in [0.2, 0.25) is 17.7 Å². The standard InChI is InChI=1S/C18H24N4O2/c1-13(22-11-9-15(10-12-22)18(23)21(2)3)16-19-20-17(24-16)14-7-5-4-6-8-14/h4-8,13,15H,9-12H2,1-3H3. The average Bonchev–Trinajstić information content (AvgIpc) is 3.11. The predicted octanol–water partition coefficient (Wildman–Crippen LogP) is 2.60. The van der Waals surface area contributed by atoms with Crippen LogP contribution in [-0.4, -0.2) is 53.1 Å². The van der Waals surface area contributed by atoms with E-state index in [0.717, 1.165) is 31.5 Å². The SMILES string of the molecule is CC(c1nnc(-c2ccccc2)o1)N1CCC(C(=O)N(C)C)CC1. The summed E-state index contributed by atoms with van der Waals surface area (Å²) in [5, 5.41) is 8.38. The number of aromatic nitrogens is 2. The van der Waals surface area contributed by atoms with E-state index in [2.05, 4.69) is 22.0 Å². The van der Waals surface area contributed by atoms with E-state index in [0.29, 0.717) is 11.8 Å². The number of hydrogen-bond acceptors (Lipinski definition) is 5. The molecule has 2 aromatic rings. The van der Waals surface area contributed by atoms with Crippen LogP contribution in [0.1, 0.15) is 31.7 Å². The number of amides is 1. The zero-order valence-corrected chi connectivity index (χ0v) is 14.5. The van der Waals surface area contributed by atoms with Crippen molar-refractivity contribution in [3.63, 3.8) is 0 Å². The van der Waals surface area contributed by atoms with Crippen LogP contribution in [0.3, 0.4) is 0 Å². The van der Waals surface area contributed by atoms with Crippen molar-refractivity contribution in [2.75, 3.05) is 27.2 Å². The summed E-state index contributed by atoms with van der Waals surface area (Å²) in [7, 11) is 3.64. The number of carbonyl (C=O) groups is 1. The summed E-state index contributed by atoms with van der Waals surface area (Å²) in [5.74, 6) is 1.54. The first-order valence-corrected chi connectivity index (χ1v) is 8.40. The lowest BCUT2D eigenvalue weighted by Gasteiger charge is -2.34. The number of piperidine rings is 1. The van der Waals surface area contributed by atoms with E-state index >= 15 is 0 Å². The molecule has 3 rings (SSSR count). The van der Waals surface area contributed by atoms with Crippen molar-refractivity contribution in [3.05, 3.63) is 36.2 Å². The van der Waals surface area contributed by atoms with Gasteiger partial charge in [-0.3, -0.25) is 9.69 Å². The van der Waals surface area contributed by atoms with Gasteiger partial charge in [0, 0.05) is 25.6 Å². The number of hydrogen-bond donors (Lipinski definition) is 0. The van der Waals surface area contributed by atoms with E-state index in [4.69, 9.17) is 4.42 Å². The van der Waals surface area contributed by atoms with Gasteiger partial charge < -0.3 is 9.32 Å². The van der Waals surface area contributed by atoms with Crippen molar-refractivity contribution in [2.24, 2.45) is 5.92 Å². The fourth-order valence-corrected chi connectivity index (χ4v) is 3.16. The van der Waals surface area contributed by atoms with Crippen molar-refractivity contribution in [1.82, 2.24) is 20.0 Å². The molecule has 1 fully saturated rings. The highest BCUT2D eigenvalue weighted by Gasteiger charge is 2.30. The summed E-state index contributed by atoms with van der Waals surface area (Å²) in [4.78, 5) is 16.1. The Balaban J connectivity index is 1.63. The first-order valence-electron chi connectivity index (χ1n) is 8.40. The van der Waals surface area contributed by atoms with Gasteiger partial charge in [-0.05, 0) is 45.0 Å². The largest absolute Gasteiger partial charge is 0.419 e. The molecule has 0 saturated carbocycles. The summed E-state index contributed by atoms with van der Waals surface area (Å²) in [6, 6.07) is 9.85. The number of nitrogens with zero attached hydrogens (tertiary/aromatic N) is 4. The van der Waals surface area contributed by atoms with Crippen LogP contribution in [0.4, 0.5) is 0 Å². The molecular formula is C18H24N4O2. The third kappa shape index (κ3) is 3.48. The zero-order chi connectivity index (χ0) is 17.1. The molecule has 6 heteroatoms. The highest BCUT2D eigenvalue weighted by Crippen LogP contribution is 2.28. The minimum Gasteiger partial charge on any atom is -0.419 e. The van der Waals surface area contributed by atoms with Crippen LogP contribution in [0.15, 0.2) is 34.7 Å². The quantitative estimate of drug-likeness (QED) is 0.863. The number of likely N-dealkylation sites (tertiary alicyclic amines) is 1. The van der Waals surface area contributed by atoms with E-state index in [-0.39, 0.29) is 17.9 Å². The second kappa shape index (κ2) is 7.13. The summed E-state index contributed by atoms with van der Waals surface area (Å²) in [6.07, 6.45) is 1.75. The van der Waals surface area contributed by atoms with E-state index in [1.807, 2.05) is 44.4 Å². The van der Waals surface area contributed by atoms with Gasteiger partial charge >= 0.3 is 0 Å². The van der Waals surface area contributed by atoms with Gasteiger partial charge in [-0.1, -0.05) is 18.2 Å². The van der Waals surface area contributed by atoms with Gasteiger partial charge in [-0.2, -0.15) is 0 Å². The normalized spacial score (nSPS) is 17.6. The molecule has 1 aliphatic heterocycles. The molecule has 0 bridgehead atoms. The maximum absolute atomic E-state index is 12.1. The molecule has 1 atom stereocenters. The molecule has 1 aromatic heterocycles. The van der Waals surface area contributed by atoms with Crippen LogP contribution in [0.2, 0.25) is 0 Å².